The van der Waals surface area contributed by atoms with Crippen molar-refractivity contribution in [2.75, 3.05) is 13.6 Å². The number of hydrogen-bond donors (Lipinski definition) is 1. The summed E-state index contributed by atoms with van der Waals surface area (Å²) in [5, 5.41) is 3.30. The first-order valence-corrected chi connectivity index (χ1v) is 4.23. The van der Waals surface area contributed by atoms with E-state index >= 15 is 0 Å². The van der Waals surface area contributed by atoms with Gasteiger partial charge in [-0.15, -0.1) is 0 Å². The lowest BCUT2D eigenvalue weighted by atomic mass is 10.1. The highest BCUT2D eigenvalue weighted by Crippen LogP contribution is 2.28. The number of rotatable bonds is 2. The highest BCUT2D eigenvalue weighted by Gasteiger charge is 2.53. The second kappa shape index (κ2) is 2.29. The Morgan fingerprint density at radius 1 is 1.73 bits per heavy atom. The van der Waals surface area contributed by atoms with Crippen LogP contribution in [0.2, 0.25) is 0 Å². The molecule has 0 spiro atoms. The number of likely N-dealkylation sites (tertiary alicyclic amines) is 1. The monoisotopic (exact) mass is 154 g/mol. The Bertz CT molecular complexity index is 191. The summed E-state index contributed by atoms with van der Waals surface area (Å²) in [4.78, 5) is 13.5. The van der Waals surface area contributed by atoms with Crippen molar-refractivity contribution < 1.29 is 4.79 Å². The zero-order valence-electron chi connectivity index (χ0n) is 7.00. The Kier molecular flexibility index (Phi) is 1.51. The summed E-state index contributed by atoms with van der Waals surface area (Å²) in [5.41, 5.74) is 0. The molecule has 3 unspecified atom stereocenters. The second-order valence-electron chi connectivity index (χ2n) is 3.50. The lowest BCUT2D eigenvalue weighted by Gasteiger charge is -2.20. The molecule has 0 aromatic carbocycles. The van der Waals surface area contributed by atoms with Crippen LogP contribution in [0, 0.1) is 0 Å². The Hall–Kier alpha value is -0.410. The van der Waals surface area contributed by atoms with Gasteiger partial charge in [0.15, 0.2) is 5.78 Å². The van der Waals surface area contributed by atoms with E-state index in [-0.39, 0.29) is 6.04 Å². The van der Waals surface area contributed by atoms with E-state index in [1.807, 2.05) is 14.0 Å². The minimum Gasteiger partial charge on any atom is -0.305 e. The van der Waals surface area contributed by atoms with Crippen molar-refractivity contribution in [3.05, 3.63) is 0 Å². The normalized spacial score (nSPS) is 42.2. The zero-order valence-corrected chi connectivity index (χ0v) is 7.00. The quantitative estimate of drug-likeness (QED) is 0.551. The molecule has 2 heterocycles. The molecule has 2 aliphatic heterocycles. The predicted octanol–water partition coefficient (Wildman–Crippen LogP) is -0.380. The van der Waals surface area contributed by atoms with Crippen molar-refractivity contribution in [2.45, 2.75) is 31.5 Å². The van der Waals surface area contributed by atoms with Crippen LogP contribution in [0.3, 0.4) is 0 Å². The number of carbonyl (C=O) groups excluding carboxylic acids is 1. The van der Waals surface area contributed by atoms with Gasteiger partial charge in [-0.1, -0.05) is 6.92 Å². The molecular weight excluding hydrogens is 140 g/mol. The number of carbonyl (C=O) groups is 1. The first-order valence-electron chi connectivity index (χ1n) is 4.23. The number of likely N-dealkylation sites (N-methyl/N-ethyl adjacent to an activating group) is 1. The fraction of sp³-hybridized carbons (Fsp3) is 0.875. The smallest absolute Gasteiger partial charge is 0.151 e. The number of hydrogen-bond acceptors (Lipinski definition) is 3. The molecule has 0 radical (unpaired) electrons. The largest absolute Gasteiger partial charge is 0.305 e. The van der Waals surface area contributed by atoms with Gasteiger partial charge in [-0.25, -0.2) is 0 Å². The van der Waals surface area contributed by atoms with Crippen LogP contribution in [0.4, 0.5) is 0 Å². The number of piperazine rings is 1. The maximum absolute atomic E-state index is 11.4. The maximum Gasteiger partial charge on any atom is 0.151 e. The maximum atomic E-state index is 11.4. The van der Waals surface area contributed by atoms with Crippen LogP contribution in [0.1, 0.15) is 13.3 Å². The number of ketones is 1. The summed E-state index contributed by atoms with van der Waals surface area (Å²) in [6.07, 6.45) is 0.667. The van der Waals surface area contributed by atoms with E-state index < -0.39 is 0 Å². The van der Waals surface area contributed by atoms with Crippen molar-refractivity contribution in [1.82, 2.24) is 10.2 Å². The van der Waals surface area contributed by atoms with E-state index in [4.69, 9.17) is 0 Å². The highest BCUT2D eigenvalue weighted by atomic mass is 16.1. The van der Waals surface area contributed by atoms with E-state index in [2.05, 4.69) is 10.2 Å². The van der Waals surface area contributed by atoms with Gasteiger partial charge in [-0.05, 0) is 7.05 Å². The molecular formula is C8H14N2O. The van der Waals surface area contributed by atoms with Crippen LogP contribution in [-0.2, 0) is 4.79 Å². The SMILES string of the molecule is CCC(=O)C1C2NC2CN1C. The van der Waals surface area contributed by atoms with Gasteiger partial charge in [0.25, 0.3) is 0 Å². The molecule has 3 heteroatoms. The molecule has 0 saturated carbocycles. The summed E-state index contributed by atoms with van der Waals surface area (Å²) >= 11 is 0. The standard InChI is InChI=1S/C8H14N2O/c1-3-6(11)8-7-5(9-7)4-10(8)2/h5,7-9H,3-4H2,1-2H3. The van der Waals surface area contributed by atoms with Crippen molar-refractivity contribution in [3.63, 3.8) is 0 Å². The van der Waals surface area contributed by atoms with E-state index in [0.717, 1.165) is 6.54 Å². The molecule has 2 aliphatic rings. The van der Waals surface area contributed by atoms with E-state index in [9.17, 15) is 4.79 Å². The third-order valence-corrected chi connectivity index (χ3v) is 2.71. The fourth-order valence-electron chi connectivity index (χ4n) is 2.02. The van der Waals surface area contributed by atoms with Gasteiger partial charge in [0, 0.05) is 25.0 Å². The molecule has 2 rings (SSSR count). The first kappa shape index (κ1) is 7.25. The van der Waals surface area contributed by atoms with Crippen LogP contribution >= 0.6 is 0 Å². The van der Waals surface area contributed by atoms with Crippen LogP contribution in [0.15, 0.2) is 0 Å². The van der Waals surface area contributed by atoms with Crippen molar-refractivity contribution >= 4 is 5.78 Å². The predicted molar refractivity (Wildman–Crippen MR) is 42.4 cm³/mol. The third kappa shape index (κ3) is 0.993. The molecule has 3 atom stereocenters. The molecule has 2 fully saturated rings. The van der Waals surface area contributed by atoms with Gasteiger partial charge < -0.3 is 5.32 Å². The lowest BCUT2D eigenvalue weighted by Crippen LogP contribution is -2.40. The topological polar surface area (TPSA) is 42.3 Å². The minimum absolute atomic E-state index is 0.171. The minimum atomic E-state index is 0.171. The number of Topliss-reactive ketones (excluding diaryl/α,β-unsaturated/α-hetero) is 1. The van der Waals surface area contributed by atoms with Crippen LogP contribution in [0.25, 0.3) is 0 Å². The van der Waals surface area contributed by atoms with Gasteiger partial charge >= 0.3 is 0 Å². The van der Waals surface area contributed by atoms with E-state index in [1.165, 1.54) is 0 Å². The summed E-state index contributed by atoms with van der Waals surface area (Å²) in [5.74, 6) is 0.380. The fourth-order valence-corrected chi connectivity index (χ4v) is 2.02. The zero-order chi connectivity index (χ0) is 8.01. The van der Waals surface area contributed by atoms with Gasteiger partial charge in [-0.2, -0.15) is 0 Å². The van der Waals surface area contributed by atoms with Crippen LogP contribution in [0.5, 0.6) is 0 Å². The molecule has 0 amide bonds. The van der Waals surface area contributed by atoms with Gasteiger partial charge in [0.2, 0.25) is 0 Å². The summed E-state index contributed by atoms with van der Waals surface area (Å²) < 4.78 is 0. The Labute approximate surface area is 66.8 Å². The molecule has 11 heavy (non-hydrogen) atoms. The summed E-state index contributed by atoms with van der Waals surface area (Å²) in [7, 11) is 2.03. The molecule has 0 bridgehead atoms. The van der Waals surface area contributed by atoms with Crippen LogP contribution in [-0.4, -0.2) is 42.4 Å². The van der Waals surface area contributed by atoms with Crippen molar-refractivity contribution in [2.24, 2.45) is 0 Å². The van der Waals surface area contributed by atoms with Gasteiger partial charge in [-0.3, -0.25) is 9.69 Å². The van der Waals surface area contributed by atoms with Crippen LogP contribution < -0.4 is 5.32 Å². The average molecular weight is 154 g/mol. The second-order valence-corrected chi connectivity index (χ2v) is 3.50. The highest BCUT2D eigenvalue weighted by molar-refractivity contribution is 5.85. The molecule has 1 N–H and O–H groups in total. The lowest BCUT2D eigenvalue weighted by molar-refractivity contribution is -0.122. The van der Waals surface area contributed by atoms with Crippen molar-refractivity contribution in [1.29, 1.82) is 0 Å². The van der Waals surface area contributed by atoms with Gasteiger partial charge in [0.05, 0.1) is 6.04 Å². The van der Waals surface area contributed by atoms with Crippen molar-refractivity contribution in [3.8, 4) is 0 Å². The Morgan fingerprint density at radius 2 is 2.45 bits per heavy atom. The molecule has 0 aromatic rings. The van der Waals surface area contributed by atoms with E-state index in [1.54, 1.807) is 0 Å². The first-order chi connectivity index (χ1) is 5.24. The molecule has 0 aliphatic carbocycles. The molecule has 3 nitrogen and oxygen atoms in total. The average Bonchev–Trinajstić information content (AvgIpc) is 2.63. The third-order valence-electron chi connectivity index (χ3n) is 2.71. The van der Waals surface area contributed by atoms with Gasteiger partial charge in [0.1, 0.15) is 0 Å². The molecule has 62 valence electrons. The number of nitrogens with zero attached hydrogens (tertiary/aromatic N) is 1. The number of nitrogens with one attached hydrogen (secondary N) is 1. The van der Waals surface area contributed by atoms with E-state index in [0.29, 0.717) is 24.3 Å². The molecule has 2 saturated heterocycles. The molecule has 0 aromatic heterocycles. The number of fused-ring (bicyclic) bond motifs is 1. The Morgan fingerprint density at radius 3 is 2.91 bits per heavy atom. The Balaban J connectivity index is 2.06. The summed E-state index contributed by atoms with van der Waals surface area (Å²) in [6.45, 7) is 2.98. The summed E-state index contributed by atoms with van der Waals surface area (Å²) in [6, 6.07) is 1.26.